The van der Waals surface area contributed by atoms with Crippen molar-refractivity contribution in [2.45, 2.75) is 13.3 Å². The van der Waals surface area contributed by atoms with E-state index in [1.54, 1.807) is 24.3 Å². The second-order valence-corrected chi connectivity index (χ2v) is 8.46. The molecular weight excluding hydrogens is 454 g/mol. The molecule has 5 rings (SSSR count). The number of aryl methyl sites for hydroxylation is 1. The molecule has 1 aromatic heterocycles. The molecule has 36 heavy (non-hydrogen) atoms. The van der Waals surface area contributed by atoms with Crippen LogP contribution in [0.1, 0.15) is 42.3 Å². The third-order valence-electron chi connectivity index (χ3n) is 5.92. The molecule has 2 heterocycles. The van der Waals surface area contributed by atoms with Gasteiger partial charge in [-0.25, -0.2) is 9.97 Å². The number of benzene rings is 3. The van der Waals surface area contributed by atoms with Crippen LogP contribution in [0, 0.1) is 6.92 Å². The van der Waals surface area contributed by atoms with Crippen LogP contribution in [-0.4, -0.2) is 39.1 Å². The topological polar surface area (TPSA) is 104 Å². The van der Waals surface area contributed by atoms with Crippen molar-refractivity contribution < 1.29 is 14.4 Å². The Bertz CT molecular complexity index is 1450. The number of hydrogen-bond acceptors (Lipinski definition) is 6. The van der Waals surface area contributed by atoms with Crippen molar-refractivity contribution in [2.75, 3.05) is 17.2 Å². The van der Waals surface area contributed by atoms with E-state index in [-0.39, 0.29) is 29.8 Å². The largest absolute Gasteiger partial charge is 0.340 e. The molecule has 0 spiro atoms. The van der Waals surface area contributed by atoms with Gasteiger partial charge in [-0.2, -0.15) is 0 Å². The summed E-state index contributed by atoms with van der Waals surface area (Å²) in [6.45, 7) is 2.17. The van der Waals surface area contributed by atoms with Crippen molar-refractivity contribution in [2.24, 2.45) is 0 Å². The number of amides is 3. The van der Waals surface area contributed by atoms with Crippen molar-refractivity contribution in [3.8, 4) is 0 Å². The Morgan fingerprint density at radius 3 is 2.31 bits per heavy atom. The standard InChI is InChI=1S/C28H23N5O3/c1-18-15-25(30-17-29-18)31-21-8-10-22(11-9-21)32-26(34)20-7-12-23-24(16-20)28(36)33(27(23)35)14-13-19-5-3-2-4-6-19/h2-12,15-17H,13-14H2,1H3,(H,32,34)(H,29,30,31). The Morgan fingerprint density at radius 2 is 1.56 bits per heavy atom. The van der Waals surface area contributed by atoms with Crippen LogP contribution in [-0.2, 0) is 6.42 Å². The number of nitrogens with zero attached hydrogens (tertiary/aromatic N) is 3. The van der Waals surface area contributed by atoms with Crippen LogP contribution < -0.4 is 10.6 Å². The van der Waals surface area contributed by atoms with Gasteiger partial charge >= 0.3 is 0 Å². The quantitative estimate of drug-likeness (QED) is 0.377. The first-order valence-electron chi connectivity index (χ1n) is 11.5. The van der Waals surface area contributed by atoms with Gasteiger partial charge in [0.1, 0.15) is 12.1 Å². The van der Waals surface area contributed by atoms with Gasteiger partial charge in [0, 0.05) is 35.2 Å². The maximum Gasteiger partial charge on any atom is 0.261 e. The molecule has 178 valence electrons. The molecule has 2 N–H and O–H groups in total. The number of nitrogens with one attached hydrogen (secondary N) is 2. The minimum Gasteiger partial charge on any atom is -0.340 e. The third kappa shape index (κ3) is 4.83. The first-order chi connectivity index (χ1) is 17.5. The number of anilines is 3. The number of fused-ring (bicyclic) bond motifs is 1. The Kier molecular flexibility index (Phi) is 6.23. The van der Waals surface area contributed by atoms with Crippen molar-refractivity contribution in [3.05, 3.63) is 113 Å². The monoisotopic (exact) mass is 477 g/mol. The molecule has 0 saturated carbocycles. The van der Waals surface area contributed by atoms with E-state index < -0.39 is 0 Å². The summed E-state index contributed by atoms with van der Waals surface area (Å²) in [4.78, 5) is 48.0. The molecule has 1 aliphatic heterocycles. The zero-order valence-electron chi connectivity index (χ0n) is 19.6. The van der Waals surface area contributed by atoms with Crippen molar-refractivity contribution >= 4 is 34.9 Å². The van der Waals surface area contributed by atoms with Crippen LogP contribution in [0.3, 0.4) is 0 Å². The average Bonchev–Trinajstić information content (AvgIpc) is 3.13. The Hall–Kier alpha value is -4.85. The summed E-state index contributed by atoms with van der Waals surface area (Å²) in [5.41, 5.74) is 4.17. The van der Waals surface area contributed by atoms with E-state index in [0.717, 1.165) is 16.9 Å². The molecule has 0 aliphatic carbocycles. The van der Waals surface area contributed by atoms with E-state index in [0.29, 0.717) is 29.1 Å². The Morgan fingerprint density at radius 1 is 0.833 bits per heavy atom. The molecule has 0 radical (unpaired) electrons. The van der Waals surface area contributed by atoms with Crippen LogP contribution in [0.2, 0.25) is 0 Å². The molecule has 0 saturated heterocycles. The van der Waals surface area contributed by atoms with Gasteiger partial charge in [0.05, 0.1) is 11.1 Å². The highest BCUT2D eigenvalue weighted by Crippen LogP contribution is 2.25. The first-order valence-corrected chi connectivity index (χ1v) is 11.5. The lowest BCUT2D eigenvalue weighted by Gasteiger charge is -2.13. The molecule has 0 atom stereocenters. The molecular formula is C28H23N5O3. The maximum absolute atomic E-state index is 12.9. The van der Waals surface area contributed by atoms with E-state index in [2.05, 4.69) is 20.6 Å². The lowest BCUT2D eigenvalue weighted by Crippen LogP contribution is -2.31. The lowest BCUT2D eigenvalue weighted by molar-refractivity contribution is 0.0656. The van der Waals surface area contributed by atoms with Gasteiger partial charge in [-0.05, 0) is 61.4 Å². The van der Waals surface area contributed by atoms with Crippen LogP contribution in [0.5, 0.6) is 0 Å². The van der Waals surface area contributed by atoms with Crippen LogP contribution in [0.15, 0.2) is 85.2 Å². The summed E-state index contributed by atoms with van der Waals surface area (Å²) in [7, 11) is 0. The smallest absolute Gasteiger partial charge is 0.261 e. The zero-order valence-corrected chi connectivity index (χ0v) is 19.6. The number of carbonyl (C=O) groups excluding carboxylic acids is 3. The van der Waals surface area contributed by atoms with Crippen molar-refractivity contribution in [3.63, 3.8) is 0 Å². The van der Waals surface area contributed by atoms with Gasteiger partial charge in [-0.1, -0.05) is 30.3 Å². The second-order valence-electron chi connectivity index (χ2n) is 8.46. The van der Waals surface area contributed by atoms with Gasteiger partial charge in [0.15, 0.2) is 0 Å². The van der Waals surface area contributed by atoms with Crippen molar-refractivity contribution in [1.29, 1.82) is 0 Å². The van der Waals surface area contributed by atoms with E-state index in [1.807, 2.05) is 55.5 Å². The normalized spacial score (nSPS) is 12.4. The lowest BCUT2D eigenvalue weighted by atomic mass is 10.1. The van der Waals surface area contributed by atoms with Crippen LogP contribution >= 0.6 is 0 Å². The minimum atomic E-state index is -0.379. The highest BCUT2D eigenvalue weighted by molar-refractivity contribution is 6.22. The summed E-state index contributed by atoms with van der Waals surface area (Å²) in [5.74, 6) is -0.404. The molecule has 0 unspecified atom stereocenters. The number of hydrogen-bond donors (Lipinski definition) is 2. The fourth-order valence-electron chi connectivity index (χ4n) is 4.03. The second kappa shape index (κ2) is 9.79. The fraction of sp³-hybridized carbons (Fsp3) is 0.107. The van der Waals surface area contributed by atoms with Crippen LogP contribution in [0.4, 0.5) is 17.2 Å². The highest BCUT2D eigenvalue weighted by atomic mass is 16.2. The average molecular weight is 478 g/mol. The number of aromatic nitrogens is 2. The maximum atomic E-state index is 12.9. The summed E-state index contributed by atoms with van der Waals surface area (Å²) >= 11 is 0. The van der Waals surface area contributed by atoms with E-state index in [1.165, 1.54) is 17.3 Å². The minimum absolute atomic E-state index is 0.250. The third-order valence-corrected chi connectivity index (χ3v) is 5.92. The molecule has 8 nitrogen and oxygen atoms in total. The van der Waals surface area contributed by atoms with E-state index in [9.17, 15) is 14.4 Å². The van der Waals surface area contributed by atoms with Gasteiger partial charge in [-0.15, -0.1) is 0 Å². The molecule has 0 bridgehead atoms. The summed E-state index contributed by atoms with van der Waals surface area (Å²) in [6, 6.07) is 23.3. The SMILES string of the molecule is Cc1cc(Nc2ccc(NC(=O)c3ccc4c(c3)C(=O)N(CCc3ccccc3)C4=O)cc2)ncn1. The predicted molar refractivity (Wildman–Crippen MR) is 136 cm³/mol. The van der Waals surface area contributed by atoms with Crippen LogP contribution in [0.25, 0.3) is 0 Å². The molecule has 8 heteroatoms. The Balaban J connectivity index is 1.24. The van der Waals surface area contributed by atoms with E-state index in [4.69, 9.17) is 0 Å². The van der Waals surface area contributed by atoms with Gasteiger partial charge < -0.3 is 10.6 Å². The summed E-state index contributed by atoms with van der Waals surface area (Å²) in [6.07, 6.45) is 2.06. The van der Waals surface area contributed by atoms with Gasteiger partial charge in [0.25, 0.3) is 17.7 Å². The number of imide groups is 1. The molecule has 4 aromatic rings. The highest BCUT2D eigenvalue weighted by Gasteiger charge is 2.35. The summed E-state index contributed by atoms with van der Waals surface area (Å²) < 4.78 is 0. The number of carbonyl (C=O) groups is 3. The first kappa shape index (κ1) is 22.9. The predicted octanol–water partition coefficient (Wildman–Crippen LogP) is 4.62. The van der Waals surface area contributed by atoms with Gasteiger partial charge in [0.2, 0.25) is 0 Å². The number of rotatable bonds is 7. The van der Waals surface area contributed by atoms with Crippen molar-refractivity contribution in [1.82, 2.24) is 14.9 Å². The fourth-order valence-corrected chi connectivity index (χ4v) is 4.03. The molecule has 1 aliphatic rings. The zero-order chi connectivity index (χ0) is 25.1. The molecule has 0 fully saturated rings. The summed E-state index contributed by atoms with van der Waals surface area (Å²) in [5, 5.41) is 6.01. The molecule has 3 amide bonds. The molecule has 3 aromatic carbocycles. The van der Waals surface area contributed by atoms with E-state index >= 15 is 0 Å². The van der Waals surface area contributed by atoms with Gasteiger partial charge in [-0.3, -0.25) is 19.3 Å². The Labute approximate surface area is 208 Å².